The molecule has 6 heteroatoms. The van der Waals surface area contributed by atoms with Gasteiger partial charge in [-0.2, -0.15) is 0 Å². The molecule has 1 aliphatic rings. The molecule has 0 saturated heterocycles. The van der Waals surface area contributed by atoms with E-state index in [0.717, 1.165) is 16.4 Å². The fourth-order valence-corrected chi connectivity index (χ4v) is 2.70. The van der Waals surface area contributed by atoms with Gasteiger partial charge in [-0.25, -0.2) is 5.06 Å². The number of anilines is 1. The van der Waals surface area contributed by atoms with Gasteiger partial charge in [-0.3, -0.25) is 14.4 Å². The molecule has 1 atom stereocenters. The Bertz CT molecular complexity index is 773. The molecule has 2 amide bonds. The fourth-order valence-electron chi connectivity index (χ4n) is 2.70. The van der Waals surface area contributed by atoms with Crippen molar-refractivity contribution in [2.75, 3.05) is 26.1 Å². The maximum atomic E-state index is 12.5. The zero-order valence-electron chi connectivity index (χ0n) is 14.2. The topological polar surface area (TPSA) is 67.9 Å². The van der Waals surface area contributed by atoms with Crippen molar-refractivity contribution in [3.8, 4) is 5.75 Å². The monoisotopic (exact) mass is 340 g/mol. The maximum absolute atomic E-state index is 12.5. The minimum absolute atomic E-state index is 0.0948. The third-order valence-electron chi connectivity index (χ3n) is 4.21. The van der Waals surface area contributed by atoms with E-state index < -0.39 is 0 Å². The van der Waals surface area contributed by atoms with Crippen molar-refractivity contribution in [1.29, 1.82) is 0 Å². The SMILES string of the molecule is CON(C)C(=O)c1ccc(NC(=O)[C@@H]2COc3ccccc3C2)cc1. The van der Waals surface area contributed by atoms with Crippen LogP contribution in [0.15, 0.2) is 48.5 Å². The minimum atomic E-state index is -0.252. The van der Waals surface area contributed by atoms with E-state index in [2.05, 4.69) is 5.32 Å². The van der Waals surface area contributed by atoms with Crippen LogP contribution in [0.4, 0.5) is 5.69 Å². The summed E-state index contributed by atoms with van der Waals surface area (Å²) in [7, 11) is 2.97. The molecule has 0 fully saturated rings. The smallest absolute Gasteiger partial charge is 0.277 e. The normalized spacial score (nSPS) is 15.7. The number of rotatable bonds is 4. The van der Waals surface area contributed by atoms with Crippen LogP contribution in [-0.2, 0) is 16.1 Å². The average molecular weight is 340 g/mol. The first-order valence-electron chi connectivity index (χ1n) is 8.02. The zero-order chi connectivity index (χ0) is 17.8. The Balaban J connectivity index is 1.63. The molecule has 0 bridgehead atoms. The number of fused-ring (bicyclic) bond motifs is 1. The largest absolute Gasteiger partial charge is 0.492 e. The van der Waals surface area contributed by atoms with E-state index in [0.29, 0.717) is 24.3 Å². The van der Waals surface area contributed by atoms with Crippen LogP contribution < -0.4 is 10.1 Å². The molecular weight excluding hydrogens is 320 g/mol. The van der Waals surface area contributed by atoms with Gasteiger partial charge in [0.1, 0.15) is 12.4 Å². The number of hydroxylamine groups is 2. The van der Waals surface area contributed by atoms with Crippen LogP contribution in [0.1, 0.15) is 15.9 Å². The Labute approximate surface area is 146 Å². The lowest BCUT2D eigenvalue weighted by molar-refractivity contribution is -0.121. The van der Waals surface area contributed by atoms with Gasteiger partial charge >= 0.3 is 0 Å². The molecule has 6 nitrogen and oxygen atoms in total. The van der Waals surface area contributed by atoms with Gasteiger partial charge in [0, 0.05) is 18.3 Å². The number of hydrogen-bond acceptors (Lipinski definition) is 4. The van der Waals surface area contributed by atoms with Gasteiger partial charge < -0.3 is 10.1 Å². The summed E-state index contributed by atoms with van der Waals surface area (Å²) in [5, 5.41) is 4.02. The number of benzene rings is 2. The number of amides is 2. The summed E-state index contributed by atoms with van der Waals surface area (Å²) in [5.74, 6) is 0.257. The van der Waals surface area contributed by atoms with Gasteiger partial charge in [-0.1, -0.05) is 18.2 Å². The molecular formula is C19H20N2O4. The molecule has 0 saturated carbocycles. The highest BCUT2D eigenvalue weighted by molar-refractivity contribution is 5.96. The highest BCUT2D eigenvalue weighted by Gasteiger charge is 2.25. The number of carbonyl (C=O) groups excluding carboxylic acids is 2. The van der Waals surface area contributed by atoms with Gasteiger partial charge in [0.2, 0.25) is 5.91 Å². The average Bonchev–Trinajstić information content (AvgIpc) is 2.67. The molecule has 0 unspecified atom stereocenters. The lowest BCUT2D eigenvalue weighted by Crippen LogP contribution is -2.32. The minimum Gasteiger partial charge on any atom is -0.492 e. The lowest BCUT2D eigenvalue weighted by Gasteiger charge is -2.24. The van der Waals surface area contributed by atoms with Crippen LogP contribution in [0, 0.1) is 5.92 Å². The molecule has 0 spiro atoms. The second-order valence-electron chi connectivity index (χ2n) is 5.87. The zero-order valence-corrected chi connectivity index (χ0v) is 14.2. The standard InChI is InChI=1S/C19H20N2O4/c1-21(24-2)19(23)13-7-9-16(10-8-13)20-18(22)15-11-14-5-3-4-6-17(14)25-12-15/h3-10,15H,11-12H2,1-2H3,(H,20,22)/t15-/m0/s1. The summed E-state index contributed by atoms with van der Waals surface area (Å²) in [6, 6.07) is 14.5. The quantitative estimate of drug-likeness (QED) is 0.869. The van der Waals surface area contributed by atoms with Gasteiger partial charge in [0.05, 0.1) is 13.0 Å². The van der Waals surface area contributed by atoms with E-state index >= 15 is 0 Å². The molecule has 0 radical (unpaired) electrons. The first-order chi connectivity index (χ1) is 12.1. The second-order valence-corrected chi connectivity index (χ2v) is 5.87. The summed E-state index contributed by atoms with van der Waals surface area (Å²) in [4.78, 5) is 29.3. The fraction of sp³-hybridized carbons (Fsp3) is 0.263. The van der Waals surface area contributed by atoms with E-state index in [-0.39, 0.29) is 17.7 Å². The van der Waals surface area contributed by atoms with E-state index in [9.17, 15) is 9.59 Å². The Hall–Kier alpha value is -2.86. The molecule has 25 heavy (non-hydrogen) atoms. The highest BCUT2D eigenvalue weighted by Crippen LogP contribution is 2.27. The maximum Gasteiger partial charge on any atom is 0.277 e. The van der Waals surface area contributed by atoms with Crippen molar-refractivity contribution < 1.29 is 19.2 Å². The number of hydrogen-bond donors (Lipinski definition) is 1. The second kappa shape index (κ2) is 7.36. The Kier molecular flexibility index (Phi) is 5.00. The van der Waals surface area contributed by atoms with Crippen molar-refractivity contribution in [2.45, 2.75) is 6.42 Å². The summed E-state index contributed by atoms with van der Waals surface area (Å²) < 4.78 is 5.66. The Morgan fingerprint density at radius 2 is 1.88 bits per heavy atom. The van der Waals surface area contributed by atoms with Crippen LogP contribution in [0.5, 0.6) is 5.75 Å². The van der Waals surface area contributed by atoms with Crippen LogP contribution in [0.25, 0.3) is 0 Å². The number of nitrogens with zero attached hydrogens (tertiary/aromatic N) is 1. The van der Waals surface area contributed by atoms with E-state index in [1.807, 2.05) is 24.3 Å². The molecule has 130 valence electrons. The van der Waals surface area contributed by atoms with E-state index in [1.165, 1.54) is 7.11 Å². The Morgan fingerprint density at radius 1 is 1.16 bits per heavy atom. The van der Waals surface area contributed by atoms with Crippen molar-refractivity contribution in [1.82, 2.24) is 5.06 Å². The summed E-state index contributed by atoms with van der Waals surface area (Å²) in [6.45, 7) is 0.359. The van der Waals surface area contributed by atoms with Crippen LogP contribution in [-0.4, -0.2) is 37.6 Å². The lowest BCUT2D eigenvalue weighted by atomic mass is 9.96. The first-order valence-corrected chi connectivity index (χ1v) is 8.02. The van der Waals surface area contributed by atoms with Gasteiger partial charge in [0.25, 0.3) is 5.91 Å². The first kappa shape index (κ1) is 17.0. The van der Waals surface area contributed by atoms with E-state index in [1.54, 1.807) is 31.3 Å². The van der Waals surface area contributed by atoms with Crippen LogP contribution in [0.3, 0.4) is 0 Å². The Morgan fingerprint density at radius 3 is 2.60 bits per heavy atom. The van der Waals surface area contributed by atoms with Crippen molar-refractivity contribution in [3.63, 3.8) is 0 Å². The molecule has 0 aromatic heterocycles. The number of ether oxygens (including phenoxy) is 1. The van der Waals surface area contributed by atoms with Crippen molar-refractivity contribution >= 4 is 17.5 Å². The summed E-state index contributed by atoms with van der Waals surface area (Å²) in [5.41, 5.74) is 2.16. The van der Waals surface area contributed by atoms with Crippen molar-refractivity contribution in [2.24, 2.45) is 5.92 Å². The number of carbonyl (C=O) groups is 2. The predicted molar refractivity (Wildman–Crippen MR) is 93.3 cm³/mol. The van der Waals surface area contributed by atoms with E-state index in [4.69, 9.17) is 9.57 Å². The molecule has 1 N–H and O–H groups in total. The van der Waals surface area contributed by atoms with Crippen LogP contribution in [0.2, 0.25) is 0 Å². The third-order valence-corrected chi connectivity index (χ3v) is 4.21. The van der Waals surface area contributed by atoms with Crippen LogP contribution >= 0.6 is 0 Å². The molecule has 1 aliphatic heterocycles. The molecule has 2 aromatic rings. The summed E-state index contributed by atoms with van der Waals surface area (Å²) >= 11 is 0. The summed E-state index contributed by atoms with van der Waals surface area (Å²) in [6.07, 6.45) is 0.650. The number of para-hydroxylation sites is 1. The molecule has 1 heterocycles. The highest BCUT2D eigenvalue weighted by atomic mass is 16.7. The van der Waals surface area contributed by atoms with Crippen molar-refractivity contribution in [3.05, 3.63) is 59.7 Å². The molecule has 0 aliphatic carbocycles. The van der Waals surface area contributed by atoms with Gasteiger partial charge in [-0.15, -0.1) is 0 Å². The molecule has 2 aromatic carbocycles. The van der Waals surface area contributed by atoms with Gasteiger partial charge in [0.15, 0.2) is 0 Å². The number of nitrogens with one attached hydrogen (secondary N) is 1. The van der Waals surface area contributed by atoms with Gasteiger partial charge in [-0.05, 0) is 42.3 Å². The predicted octanol–water partition coefficient (Wildman–Crippen LogP) is 2.51. The third kappa shape index (κ3) is 3.80. The molecule has 3 rings (SSSR count).